The number of nitrogens with two attached hydrogens (primary N) is 1. The first-order valence-electron chi connectivity index (χ1n) is 13.2. The Morgan fingerprint density at radius 3 is 2.49 bits per heavy atom. The predicted octanol–water partition coefficient (Wildman–Crippen LogP) is -0.765. The molecule has 3 aliphatic carbocycles. The van der Waals surface area contributed by atoms with Crippen molar-refractivity contribution >= 4 is 34.8 Å². The van der Waals surface area contributed by atoms with Gasteiger partial charge >= 0.3 is 0 Å². The molecule has 12 heteroatoms. The Morgan fingerprint density at radius 2 is 1.85 bits per heavy atom. The highest BCUT2D eigenvalue weighted by atomic mass is 16.3. The molecule has 2 unspecified atom stereocenters. The summed E-state index contributed by atoms with van der Waals surface area (Å²) in [6.45, 7) is 0.239. The van der Waals surface area contributed by atoms with Gasteiger partial charge in [0.05, 0.1) is 29.8 Å². The van der Waals surface area contributed by atoms with E-state index in [1.54, 1.807) is 18.3 Å². The van der Waals surface area contributed by atoms with Gasteiger partial charge in [-0.3, -0.25) is 38.7 Å². The fraction of sp³-hybridized carbons (Fsp3) is 0.414. The Balaban J connectivity index is 1.50. The second-order valence-corrected chi connectivity index (χ2v) is 11.1. The first-order valence-corrected chi connectivity index (χ1v) is 13.2. The number of pyridine rings is 1. The number of benzene rings is 1. The largest absolute Gasteiger partial charge is 0.507 e. The van der Waals surface area contributed by atoms with Gasteiger partial charge < -0.3 is 21.3 Å². The quantitative estimate of drug-likeness (QED) is 0.244. The van der Waals surface area contributed by atoms with Crippen LogP contribution in [0, 0.1) is 23.7 Å². The van der Waals surface area contributed by atoms with E-state index in [4.69, 9.17) is 5.73 Å². The van der Waals surface area contributed by atoms with Crippen LogP contribution in [-0.4, -0.2) is 87.2 Å². The van der Waals surface area contributed by atoms with Gasteiger partial charge in [-0.05, 0) is 62.7 Å². The molecule has 1 aromatic carbocycles. The molecular formula is C29H30N4O8. The number of hydrogen-bond donors (Lipinski definition) is 4. The number of ketones is 5. The number of likely N-dealkylation sites (N-methyl/N-ethyl adjacent to an activating group) is 1. The molecule has 2 fully saturated rings. The molecule has 0 bridgehead atoms. The van der Waals surface area contributed by atoms with Crippen LogP contribution in [0.1, 0.15) is 38.4 Å². The molecule has 1 amide bonds. The van der Waals surface area contributed by atoms with Crippen LogP contribution in [0.25, 0.3) is 0 Å². The monoisotopic (exact) mass is 562 g/mol. The minimum Gasteiger partial charge on any atom is -0.507 e. The molecule has 6 atom stereocenters. The average molecular weight is 563 g/mol. The Bertz CT molecular complexity index is 1490. The maximum Gasteiger partial charge on any atom is 0.235 e. The molecule has 1 heterocycles. The number of Topliss-reactive ketones (excluding diaryl/α,β-unsaturated/α-hetero) is 5. The Kier molecular flexibility index (Phi) is 7.18. The van der Waals surface area contributed by atoms with Crippen LogP contribution < -0.4 is 11.1 Å². The summed E-state index contributed by atoms with van der Waals surface area (Å²) in [6, 6.07) is 6.81. The molecule has 0 spiro atoms. The summed E-state index contributed by atoms with van der Waals surface area (Å²) in [5.74, 6) is -11.7. The molecule has 2 saturated carbocycles. The standard InChI is InChI=1S/C29H30N4O8/c1-33(2)23-17-10-13-9-16-15(19(35)12-31-11-14-5-3-4-8-32-14)6-7-18(34)21(16)24(36)20(13)26(38)29(17,41)27(39)22(25(23)37)28(30)40/h3-8,13,17,20,22-23,31,34,41H,9-12H2,1-2H3,(H2,30,40)/t13-,17-,20?,22?,23-,29-/m0/s1. The Hall–Kier alpha value is -4.13. The number of carbonyl (C=O) groups excluding carboxylic acids is 6. The van der Waals surface area contributed by atoms with Gasteiger partial charge in [-0.1, -0.05) is 6.07 Å². The average Bonchev–Trinajstić information content (AvgIpc) is 2.91. The number of primary amides is 1. The number of amides is 1. The fourth-order valence-corrected chi connectivity index (χ4v) is 6.77. The van der Waals surface area contributed by atoms with Gasteiger partial charge in [0.2, 0.25) is 5.91 Å². The van der Waals surface area contributed by atoms with Crippen molar-refractivity contribution in [3.63, 3.8) is 0 Å². The zero-order chi connectivity index (χ0) is 29.8. The van der Waals surface area contributed by atoms with Crippen LogP contribution in [0.5, 0.6) is 5.75 Å². The Morgan fingerprint density at radius 1 is 1.12 bits per heavy atom. The van der Waals surface area contributed by atoms with Gasteiger partial charge in [0.1, 0.15) is 5.75 Å². The third kappa shape index (κ3) is 4.39. The normalized spacial score (nSPS) is 29.1. The molecule has 0 saturated heterocycles. The molecule has 0 radical (unpaired) electrons. The van der Waals surface area contributed by atoms with E-state index in [0.717, 1.165) is 5.69 Å². The highest BCUT2D eigenvalue weighted by molar-refractivity contribution is 6.32. The number of hydrogen-bond acceptors (Lipinski definition) is 11. The van der Waals surface area contributed by atoms with Crippen LogP contribution in [0.15, 0.2) is 36.5 Å². The lowest BCUT2D eigenvalue weighted by atomic mass is 9.52. The number of aromatic nitrogens is 1. The van der Waals surface area contributed by atoms with Gasteiger partial charge in [-0.2, -0.15) is 0 Å². The van der Waals surface area contributed by atoms with E-state index in [1.807, 2.05) is 6.07 Å². The zero-order valence-electron chi connectivity index (χ0n) is 22.5. The third-order valence-electron chi connectivity index (χ3n) is 8.56. The van der Waals surface area contributed by atoms with Crippen molar-refractivity contribution in [3.8, 4) is 5.75 Å². The second-order valence-electron chi connectivity index (χ2n) is 11.1. The van der Waals surface area contributed by atoms with E-state index < -0.39 is 70.1 Å². The number of fused-ring (bicyclic) bond motifs is 3. The molecule has 41 heavy (non-hydrogen) atoms. The summed E-state index contributed by atoms with van der Waals surface area (Å²) in [5, 5.41) is 25.3. The van der Waals surface area contributed by atoms with Gasteiger partial charge in [0, 0.05) is 24.2 Å². The molecule has 5 rings (SSSR count). The number of rotatable bonds is 7. The second kappa shape index (κ2) is 10.4. The smallest absolute Gasteiger partial charge is 0.235 e. The summed E-state index contributed by atoms with van der Waals surface area (Å²) < 4.78 is 0. The number of aromatic hydroxyl groups is 1. The topological polar surface area (TPSA) is 197 Å². The molecule has 3 aliphatic rings. The first-order chi connectivity index (χ1) is 19.4. The van der Waals surface area contributed by atoms with Crippen molar-refractivity contribution < 1.29 is 39.0 Å². The summed E-state index contributed by atoms with van der Waals surface area (Å²) in [6.07, 6.45) is 1.55. The molecule has 214 valence electrons. The highest BCUT2D eigenvalue weighted by Gasteiger charge is 2.69. The SMILES string of the molecule is CN(C)[C@@H]1C(=O)C(C(N)=O)C(=O)[C@@]2(O)C(=O)C3C(=O)c4c(O)ccc(C(=O)CNCc5ccccn5)c4C[C@H]3C[C@@H]12. The maximum absolute atomic E-state index is 13.9. The minimum absolute atomic E-state index is 0.0154. The molecule has 1 aromatic heterocycles. The number of phenols is 1. The van der Waals surface area contributed by atoms with Crippen molar-refractivity contribution in [1.82, 2.24) is 15.2 Å². The summed E-state index contributed by atoms with van der Waals surface area (Å²) in [4.78, 5) is 85.1. The minimum atomic E-state index is -2.80. The van der Waals surface area contributed by atoms with Crippen molar-refractivity contribution in [3.05, 3.63) is 58.9 Å². The van der Waals surface area contributed by atoms with Gasteiger partial charge in [0.15, 0.2) is 40.4 Å². The zero-order valence-corrected chi connectivity index (χ0v) is 22.5. The van der Waals surface area contributed by atoms with E-state index in [-0.39, 0.29) is 41.9 Å². The van der Waals surface area contributed by atoms with Gasteiger partial charge in [-0.15, -0.1) is 0 Å². The lowest BCUT2D eigenvalue weighted by Crippen LogP contribution is -2.74. The molecular weight excluding hydrogens is 532 g/mol. The third-order valence-corrected chi connectivity index (χ3v) is 8.56. The van der Waals surface area contributed by atoms with Gasteiger partial charge in [-0.25, -0.2) is 0 Å². The number of nitrogens with one attached hydrogen (secondary N) is 1. The lowest BCUT2D eigenvalue weighted by molar-refractivity contribution is -0.181. The lowest BCUT2D eigenvalue weighted by Gasteiger charge is -2.52. The van der Waals surface area contributed by atoms with Crippen LogP contribution in [0.2, 0.25) is 0 Å². The van der Waals surface area contributed by atoms with Crippen LogP contribution in [-0.2, 0) is 32.1 Å². The van der Waals surface area contributed by atoms with E-state index in [2.05, 4.69) is 10.3 Å². The number of aliphatic hydroxyl groups is 1. The summed E-state index contributed by atoms with van der Waals surface area (Å²) in [5.41, 5.74) is 3.51. The molecule has 5 N–H and O–H groups in total. The van der Waals surface area contributed by atoms with E-state index in [0.29, 0.717) is 6.54 Å². The number of phenolic OH excluding ortho intramolecular Hbond substituents is 1. The molecule has 0 aliphatic heterocycles. The highest BCUT2D eigenvalue weighted by Crippen LogP contribution is 2.51. The number of carbonyl (C=O) groups is 6. The molecule has 12 nitrogen and oxygen atoms in total. The number of nitrogens with zero attached hydrogens (tertiary/aromatic N) is 2. The van der Waals surface area contributed by atoms with E-state index >= 15 is 0 Å². The molecule has 2 aromatic rings. The Labute approximate surface area is 234 Å². The van der Waals surface area contributed by atoms with E-state index in [1.165, 1.54) is 31.1 Å². The van der Waals surface area contributed by atoms with Crippen molar-refractivity contribution in [2.24, 2.45) is 29.4 Å². The first kappa shape index (κ1) is 28.4. The van der Waals surface area contributed by atoms with E-state index in [9.17, 15) is 39.0 Å². The van der Waals surface area contributed by atoms with Crippen molar-refractivity contribution in [2.45, 2.75) is 31.0 Å². The van der Waals surface area contributed by atoms with Gasteiger partial charge in [0.25, 0.3) is 0 Å². The van der Waals surface area contributed by atoms with Crippen LogP contribution >= 0.6 is 0 Å². The van der Waals surface area contributed by atoms with Crippen molar-refractivity contribution in [2.75, 3.05) is 20.6 Å². The van der Waals surface area contributed by atoms with Crippen LogP contribution in [0.4, 0.5) is 0 Å². The van der Waals surface area contributed by atoms with Crippen molar-refractivity contribution in [1.29, 1.82) is 0 Å². The fourth-order valence-electron chi connectivity index (χ4n) is 6.77. The predicted molar refractivity (Wildman–Crippen MR) is 142 cm³/mol. The summed E-state index contributed by atoms with van der Waals surface area (Å²) >= 11 is 0. The maximum atomic E-state index is 13.9. The van der Waals surface area contributed by atoms with Crippen LogP contribution in [0.3, 0.4) is 0 Å². The summed E-state index contributed by atoms with van der Waals surface area (Å²) in [7, 11) is 3.03.